The van der Waals surface area contributed by atoms with Gasteiger partial charge >= 0.3 is 0 Å². The fourth-order valence-corrected chi connectivity index (χ4v) is 2.50. The van der Waals surface area contributed by atoms with Crippen LogP contribution < -0.4 is 4.90 Å². The summed E-state index contributed by atoms with van der Waals surface area (Å²) in [6.07, 6.45) is 1.70. The zero-order chi connectivity index (χ0) is 15.4. The summed E-state index contributed by atoms with van der Waals surface area (Å²) in [5.41, 5.74) is 3.48. The zero-order valence-electron chi connectivity index (χ0n) is 11.7. The summed E-state index contributed by atoms with van der Waals surface area (Å²) < 4.78 is 0. The predicted molar refractivity (Wildman–Crippen MR) is 87.0 cm³/mol. The van der Waals surface area contributed by atoms with E-state index in [9.17, 15) is 0 Å². The number of hydrogen-bond donors (Lipinski definition) is 1. The van der Waals surface area contributed by atoms with Crippen molar-refractivity contribution in [2.45, 2.75) is 6.54 Å². The molecule has 0 atom stereocenters. The summed E-state index contributed by atoms with van der Waals surface area (Å²) in [5.74, 6) is 0. The summed E-state index contributed by atoms with van der Waals surface area (Å²) in [6, 6.07) is 19.6. The zero-order valence-corrected chi connectivity index (χ0v) is 12.5. The smallest absolute Gasteiger partial charge is 0.148 e. The first-order valence-corrected chi connectivity index (χ1v) is 7.16. The summed E-state index contributed by atoms with van der Waals surface area (Å²) >= 11 is 6.20. The van der Waals surface area contributed by atoms with Gasteiger partial charge in [-0.2, -0.15) is 10.4 Å². The molecule has 22 heavy (non-hydrogen) atoms. The molecule has 0 aliphatic rings. The molecule has 2 aromatic carbocycles. The third kappa shape index (κ3) is 2.95. The monoisotopic (exact) mass is 308 g/mol. The lowest BCUT2D eigenvalue weighted by atomic mass is 10.1. The van der Waals surface area contributed by atoms with E-state index in [-0.39, 0.29) is 0 Å². The molecule has 0 aliphatic carbocycles. The van der Waals surface area contributed by atoms with Crippen molar-refractivity contribution in [2.24, 2.45) is 0 Å². The van der Waals surface area contributed by atoms with Crippen molar-refractivity contribution in [3.8, 4) is 6.07 Å². The van der Waals surface area contributed by atoms with Gasteiger partial charge in [-0.3, -0.25) is 5.10 Å². The minimum absolute atomic E-state index is 0.486. The Kier molecular flexibility index (Phi) is 4.08. The molecule has 5 heteroatoms. The highest BCUT2D eigenvalue weighted by Crippen LogP contribution is 2.31. The van der Waals surface area contributed by atoms with E-state index in [1.165, 1.54) is 0 Å². The third-order valence-electron chi connectivity index (χ3n) is 3.33. The van der Waals surface area contributed by atoms with Crippen LogP contribution in [-0.4, -0.2) is 10.2 Å². The van der Waals surface area contributed by atoms with E-state index >= 15 is 0 Å². The lowest BCUT2D eigenvalue weighted by Gasteiger charge is -2.24. The average molecular weight is 309 g/mol. The highest BCUT2D eigenvalue weighted by molar-refractivity contribution is 6.32. The van der Waals surface area contributed by atoms with Crippen molar-refractivity contribution in [3.63, 3.8) is 0 Å². The highest BCUT2D eigenvalue weighted by Gasteiger charge is 2.15. The van der Waals surface area contributed by atoms with Gasteiger partial charge in [-0.15, -0.1) is 0 Å². The molecular formula is C17H13ClN4. The SMILES string of the molecule is N#Cc1cccc(CN(c2ccccc2)c2cn[nH]c2Cl)c1. The first-order chi connectivity index (χ1) is 10.8. The molecule has 1 heterocycles. The van der Waals surface area contributed by atoms with Crippen LogP contribution in [0.25, 0.3) is 0 Å². The second kappa shape index (κ2) is 6.33. The number of H-pyrrole nitrogens is 1. The lowest BCUT2D eigenvalue weighted by Crippen LogP contribution is -2.16. The molecule has 0 bridgehead atoms. The normalized spacial score (nSPS) is 10.2. The number of anilines is 2. The average Bonchev–Trinajstić information content (AvgIpc) is 2.99. The van der Waals surface area contributed by atoms with Gasteiger partial charge in [-0.25, -0.2) is 0 Å². The van der Waals surface area contributed by atoms with Crippen molar-refractivity contribution in [1.82, 2.24) is 10.2 Å². The molecule has 0 spiro atoms. The van der Waals surface area contributed by atoms with Crippen LogP contribution in [0.2, 0.25) is 5.15 Å². The van der Waals surface area contributed by atoms with E-state index in [0.717, 1.165) is 16.9 Å². The largest absolute Gasteiger partial charge is 0.333 e. The van der Waals surface area contributed by atoms with Crippen molar-refractivity contribution >= 4 is 23.0 Å². The van der Waals surface area contributed by atoms with E-state index in [1.54, 1.807) is 12.3 Å². The van der Waals surface area contributed by atoms with Crippen LogP contribution in [-0.2, 0) is 6.54 Å². The first kappa shape index (κ1) is 14.2. The standard InChI is InChI=1S/C17H13ClN4/c18-17-16(11-20-21-17)22(15-7-2-1-3-8-15)12-14-6-4-5-13(9-14)10-19/h1-9,11H,12H2,(H,20,21). The summed E-state index contributed by atoms with van der Waals surface area (Å²) in [5, 5.41) is 16.3. The minimum atomic E-state index is 0.486. The Morgan fingerprint density at radius 3 is 2.64 bits per heavy atom. The number of nitrogens with one attached hydrogen (secondary N) is 1. The maximum atomic E-state index is 9.04. The van der Waals surface area contributed by atoms with Crippen LogP contribution >= 0.6 is 11.6 Å². The Morgan fingerprint density at radius 2 is 1.95 bits per heavy atom. The molecule has 1 N–H and O–H groups in total. The summed E-state index contributed by atoms with van der Waals surface area (Å²) in [4.78, 5) is 2.06. The van der Waals surface area contributed by atoms with Gasteiger partial charge in [0.05, 0.1) is 23.5 Å². The van der Waals surface area contributed by atoms with E-state index in [4.69, 9.17) is 16.9 Å². The second-order valence-corrected chi connectivity index (χ2v) is 5.18. The van der Waals surface area contributed by atoms with Crippen LogP contribution in [0.5, 0.6) is 0 Å². The van der Waals surface area contributed by atoms with Gasteiger partial charge in [0, 0.05) is 12.2 Å². The quantitative estimate of drug-likeness (QED) is 0.783. The number of aromatic amines is 1. The molecule has 0 aliphatic heterocycles. The second-order valence-electron chi connectivity index (χ2n) is 4.80. The Morgan fingerprint density at radius 1 is 1.14 bits per heavy atom. The van der Waals surface area contributed by atoms with Gasteiger partial charge in [0.15, 0.2) is 0 Å². The Bertz CT molecular complexity index is 805. The van der Waals surface area contributed by atoms with Gasteiger partial charge in [0.1, 0.15) is 5.15 Å². The van der Waals surface area contributed by atoms with Gasteiger partial charge in [0.2, 0.25) is 0 Å². The molecule has 0 unspecified atom stereocenters. The van der Waals surface area contributed by atoms with E-state index in [1.807, 2.05) is 48.5 Å². The predicted octanol–water partition coefficient (Wildman–Crippen LogP) is 4.27. The number of para-hydroxylation sites is 1. The minimum Gasteiger partial charge on any atom is -0.333 e. The number of halogens is 1. The first-order valence-electron chi connectivity index (χ1n) is 6.78. The fraction of sp³-hybridized carbons (Fsp3) is 0.0588. The van der Waals surface area contributed by atoms with Crippen LogP contribution in [0.1, 0.15) is 11.1 Å². The number of benzene rings is 2. The molecule has 0 fully saturated rings. The van der Waals surface area contributed by atoms with Crippen molar-refractivity contribution in [1.29, 1.82) is 5.26 Å². The molecule has 3 rings (SSSR count). The summed E-state index contributed by atoms with van der Waals surface area (Å²) in [7, 11) is 0. The van der Waals surface area contributed by atoms with Gasteiger partial charge in [0.25, 0.3) is 0 Å². The number of hydrogen-bond acceptors (Lipinski definition) is 3. The lowest BCUT2D eigenvalue weighted by molar-refractivity contribution is 0.975. The maximum Gasteiger partial charge on any atom is 0.148 e. The number of rotatable bonds is 4. The number of nitrogens with zero attached hydrogens (tertiary/aromatic N) is 3. The molecule has 0 saturated carbocycles. The van der Waals surface area contributed by atoms with Gasteiger partial charge in [-0.1, -0.05) is 41.9 Å². The van der Waals surface area contributed by atoms with E-state index in [0.29, 0.717) is 17.3 Å². The topological polar surface area (TPSA) is 55.7 Å². The molecular weight excluding hydrogens is 296 g/mol. The summed E-state index contributed by atoms with van der Waals surface area (Å²) in [6.45, 7) is 0.596. The maximum absolute atomic E-state index is 9.04. The van der Waals surface area contributed by atoms with E-state index in [2.05, 4.69) is 21.2 Å². The Balaban J connectivity index is 1.99. The molecule has 108 valence electrons. The van der Waals surface area contributed by atoms with Crippen molar-refractivity contribution < 1.29 is 0 Å². The highest BCUT2D eigenvalue weighted by atomic mass is 35.5. The Hall–Kier alpha value is -2.77. The molecule has 3 aromatic rings. The van der Waals surface area contributed by atoms with Crippen LogP contribution in [0.15, 0.2) is 60.8 Å². The number of nitriles is 1. The van der Waals surface area contributed by atoms with Crippen molar-refractivity contribution in [2.75, 3.05) is 4.90 Å². The van der Waals surface area contributed by atoms with Crippen LogP contribution in [0, 0.1) is 11.3 Å². The molecule has 0 saturated heterocycles. The number of aromatic nitrogens is 2. The van der Waals surface area contributed by atoms with Gasteiger partial charge < -0.3 is 4.90 Å². The fourth-order valence-electron chi connectivity index (χ4n) is 2.30. The third-order valence-corrected chi connectivity index (χ3v) is 3.61. The van der Waals surface area contributed by atoms with E-state index < -0.39 is 0 Å². The molecule has 0 radical (unpaired) electrons. The molecule has 4 nitrogen and oxygen atoms in total. The van der Waals surface area contributed by atoms with Gasteiger partial charge in [-0.05, 0) is 29.8 Å². The van der Waals surface area contributed by atoms with Crippen molar-refractivity contribution in [3.05, 3.63) is 77.1 Å². The Labute approximate surface area is 133 Å². The molecule has 0 amide bonds. The van der Waals surface area contributed by atoms with Crippen LogP contribution in [0.4, 0.5) is 11.4 Å². The van der Waals surface area contributed by atoms with Crippen LogP contribution in [0.3, 0.4) is 0 Å². The molecule has 1 aromatic heterocycles.